The van der Waals surface area contributed by atoms with Crippen molar-refractivity contribution in [2.45, 2.75) is 13.0 Å². The first-order valence-corrected chi connectivity index (χ1v) is 6.98. The van der Waals surface area contributed by atoms with Crippen LogP contribution in [0.1, 0.15) is 17.5 Å². The number of ether oxygens (including phenoxy) is 2. The molecular weight excluding hydrogens is 264 g/mol. The molecule has 1 heterocycles. The summed E-state index contributed by atoms with van der Waals surface area (Å²) in [6.07, 6.45) is 0.901. The number of hydrogen-bond donors (Lipinski definition) is 1. The van der Waals surface area contributed by atoms with Gasteiger partial charge in [0.2, 0.25) is 0 Å². The Kier molecular flexibility index (Phi) is 3.92. The van der Waals surface area contributed by atoms with Gasteiger partial charge in [0.15, 0.2) is 11.5 Å². The summed E-state index contributed by atoms with van der Waals surface area (Å²) in [5, 5.41) is 12.4. The van der Waals surface area contributed by atoms with Gasteiger partial charge in [0.25, 0.3) is 0 Å². The fourth-order valence-electron chi connectivity index (χ4n) is 2.25. The molecule has 0 spiro atoms. The molecule has 0 saturated carbocycles. The zero-order valence-corrected chi connectivity index (χ0v) is 11.6. The average molecular weight is 280 g/mol. The van der Waals surface area contributed by atoms with Gasteiger partial charge in [0, 0.05) is 13.0 Å². The maximum Gasteiger partial charge on any atom is 0.161 e. The first-order valence-electron chi connectivity index (χ1n) is 6.98. The number of hydrogen-bond acceptors (Lipinski definition) is 4. The monoisotopic (exact) mass is 280 g/mol. The fourth-order valence-corrected chi connectivity index (χ4v) is 2.25. The third kappa shape index (κ3) is 3.09. The van der Waals surface area contributed by atoms with Crippen molar-refractivity contribution in [3.63, 3.8) is 0 Å². The van der Waals surface area contributed by atoms with E-state index in [9.17, 15) is 0 Å². The second kappa shape index (κ2) is 6.19. The highest BCUT2D eigenvalue weighted by molar-refractivity contribution is 5.57. The second-order valence-electron chi connectivity index (χ2n) is 4.84. The molecule has 0 unspecified atom stereocenters. The second-order valence-corrected chi connectivity index (χ2v) is 4.84. The SMILES string of the molecule is N#Cc1ccccc1NCc1ccc2c(c1)OCCCO2. The molecule has 2 aromatic rings. The van der Waals surface area contributed by atoms with Crippen molar-refractivity contribution in [2.24, 2.45) is 0 Å². The standard InChI is InChI=1S/C17H16N2O2/c18-11-14-4-1-2-5-15(14)19-12-13-6-7-16-17(10-13)21-9-3-8-20-16/h1-2,4-7,10,19H,3,8-9,12H2. The van der Waals surface area contributed by atoms with Gasteiger partial charge in [-0.3, -0.25) is 0 Å². The molecule has 0 fully saturated rings. The van der Waals surface area contributed by atoms with E-state index in [0.717, 1.165) is 29.2 Å². The average Bonchev–Trinajstić information content (AvgIpc) is 2.78. The smallest absolute Gasteiger partial charge is 0.161 e. The van der Waals surface area contributed by atoms with E-state index in [-0.39, 0.29) is 0 Å². The van der Waals surface area contributed by atoms with Crippen molar-refractivity contribution in [1.82, 2.24) is 0 Å². The fraction of sp³-hybridized carbons (Fsp3) is 0.235. The highest BCUT2D eigenvalue weighted by Crippen LogP contribution is 2.30. The molecule has 1 aliphatic rings. The summed E-state index contributed by atoms with van der Waals surface area (Å²) in [5.41, 5.74) is 2.57. The topological polar surface area (TPSA) is 54.3 Å². The molecule has 4 nitrogen and oxygen atoms in total. The van der Waals surface area contributed by atoms with Crippen molar-refractivity contribution in [3.8, 4) is 17.6 Å². The number of nitrogens with one attached hydrogen (secondary N) is 1. The Morgan fingerprint density at radius 3 is 2.71 bits per heavy atom. The van der Waals surface area contributed by atoms with Crippen molar-refractivity contribution in [2.75, 3.05) is 18.5 Å². The van der Waals surface area contributed by atoms with Gasteiger partial charge in [-0.05, 0) is 29.8 Å². The van der Waals surface area contributed by atoms with Crippen LogP contribution in [0, 0.1) is 11.3 Å². The van der Waals surface area contributed by atoms with Gasteiger partial charge >= 0.3 is 0 Å². The molecule has 1 aliphatic heterocycles. The van der Waals surface area contributed by atoms with Crippen LogP contribution in [-0.4, -0.2) is 13.2 Å². The highest BCUT2D eigenvalue weighted by atomic mass is 16.5. The minimum Gasteiger partial charge on any atom is -0.490 e. The number of benzene rings is 2. The molecule has 3 rings (SSSR count). The van der Waals surface area contributed by atoms with Gasteiger partial charge < -0.3 is 14.8 Å². The zero-order chi connectivity index (χ0) is 14.5. The molecule has 21 heavy (non-hydrogen) atoms. The molecule has 0 radical (unpaired) electrons. The predicted molar refractivity (Wildman–Crippen MR) is 80.5 cm³/mol. The van der Waals surface area contributed by atoms with E-state index >= 15 is 0 Å². The minimum atomic E-state index is 0.634. The largest absolute Gasteiger partial charge is 0.490 e. The lowest BCUT2D eigenvalue weighted by Crippen LogP contribution is -2.02. The Balaban J connectivity index is 1.74. The van der Waals surface area contributed by atoms with Gasteiger partial charge in [0.05, 0.1) is 24.5 Å². The summed E-state index contributed by atoms with van der Waals surface area (Å²) in [6.45, 7) is 2.01. The van der Waals surface area contributed by atoms with Crippen LogP contribution in [0.3, 0.4) is 0 Å². The summed E-state index contributed by atoms with van der Waals surface area (Å²) in [5.74, 6) is 1.59. The Morgan fingerprint density at radius 2 is 1.86 bits per heavy atom. The highest BCUT2D eigenvalue weighted by Gasteiger charge is 2.10. The first-order chi connectivity index (χ1) is 10.4. The van der Waals surface area contributed by atoms with E-state index < -0.39 is 0 Å². The van der Waals surface area contributed by atoms with Gasteiger partial charge in [0.1, 0.15) is 6.07 Å². The number of rotatable bonds is 3. The zero-order valence-electron chi connectivity index (χ0n) is 11.6. The third-order valence-electron chi connectivity index (χ3n) is 3.34. The summed E-state index contributed by atoms with van der Waals surface area (Å²) in [6, 6.07) is 15.6. The van der Waals surface area contributed by atoms with Crippen molar-refractivity contribution < 1.29 is 9.47 Å². The Labute approximate surface area is 123 Å². The molecule has 0 aliphatic carbocycles. The maximum atomic E-state index is 9.08. The molecule has 4 heteroatoms. The van der Waals surface area contributed by atoms with Crippen LogP contribution in [0.2, 0.25) is 0 Å². The first kappa shape index (κ1) is 13.3. The molecule has 0 saturated heterocycles. The molecule has 0 bridgehead atoms. The number of para-hydroxylation sites is 1. The van der Waals surface area contributed by atoms with Gasteiger partial charge in [-0.1, -0.05) is 18.2 Å². The normalized spacial score (nSPS) is 13.1. The summed E-state index contributed by atoms with van der Waals surface area (Å²) >= 11 is 0. The lowest BCUT2D eigenvalue weighted by molar-refractivity contribution is 0.297. The molecule has 0 amide bonds. The predicted octanol–water partition coefficient (Wildman–Crippen LogP) is 3.33. The molecule has 0 atom stereocenters. The van der Waals surface area contributed by atoms with E-state index in [2.05, 4.69) is 11.4 Å². The van der Waals surface area contributed by atoms with Gasteiger partial charge in [-0.2, -0.15) is 5.26 Å². The molecule has 0 aromatic heterocycles. The summed E-state index contributed by atoms with van der Waals surface area (Å²) in [7, 11) is 0. The number of fused-ring (bicyclic) bond motifs is 1. The van der Waals surface area contributed by atoms with Gasteiger partial charge in [-0.25, -0.2) is 0 Å². The van der Waals surface area contributed by atoms with Crippen LogP contribution in [0.25, 0.3) is 0 Å². The number of anilines is 1. The Morgan fingerprint density at radius 1 is 1.05 bits per heavy atom. The summed E-state index contributed by atoms with van der Waals surface area (Å²) in [4.78, 5) is 0. The van der Waals surface area contributed by atoms with Crippen molar-refractivity contribution in [1.29, 1.82) is 5.26 Å². The van der Waals surface area contributed by atoms with E-state index in [1.807, 2.05) is 36.4 Å². The van der Waals surface area contributed by atoms with Crippen LogP contribution in [0.5, 0.6) is 11.5 Å². The van der Waals surface area contributed by atoms with Gasteiger partial charge in [-0.15, -0.1) is 0 Å². The number of nitrogens with zero attached hydrogens (tertiary/aromatic N) is 1. The minimum absolute atomic E-state index is 0.634. The Bertz CT molecular complexity index is 677. The van der Waals surface area contributed by atoms with E-state index in [4.69, 9.17) is 14.7 Å². The lowest BCUT2D eigenvalue weighted by Gasteiger charge is -2.11. The van der Waals surface area contributed by atoms with Crippen molar-refractivity contribution in [3.05, 3.63) is 53.6 Å². The van der Waals surface area contributed by atoms with E-state index in [1.165, 1.54) is 0 Å². The van der Waals surface area contributed by atoms with E-state index in [1.54, 1.807) is 6.07 Å². The Hall–Kier alpha value is -2.67. The van der Waals surface area contributed by atoms with E-state index in [0.29, 0.717) is 25.3 Å². The molecule has 1 N–H and O–H groups in total. The maximum absolute atomic E-state index is 9.08. The van der Waals surface area contributed by atoms with Crippen LogP contribution in [-0.2, 0) is 6.54 Å². The number of nitriles is 1. The summed E-state index contributed by atoms with van der Waals surface area (Å²) < 4.78 is 11.3. The van der Waals surface area contributed by atoms with Crippen LogP contribution in [0.4, 0.5) is 5.69 Å². The lowest BCUT2D eigenvalue weighted by atomic mass is 10.1. The molecular formula is C17H16N2O2. The van der Waals surface area contributed by atoms with Crippen LogP contribution >= 0.6 is 0 Å². The van der Waals surface area contributed by atoms with Crippen molar-refractivity contribution >= 4 is 5.69 Å². The molecule has 106 valence electrons. The van der Waals surface area contributed by atoms with Crippen LogP contribution in [0.15, 0.2) is 42.5 Å². The third-order valence-corrected chi connectivity index (χ3v) is 3.34. The quantitative estimate of drug-likeness (QED) is 0.937. The molecule has 2 aromatic carbocycles. The van der Waals surface area contributed by atoms with Crippen LogP contribution < -0.4 is 14.8 Å².